The zero-order valence-corrected chi connectivity index (χ0v) is 17.3. The first-order chi connectivity index (χ1) is 13.2. The van der Waals surface area contributed by atoms with Gasteiger partial charge in [0.05, 0.1) is 12.7 Å². The minimum Gasteiger partial charge on any atom is -0.460 e. The van der Waals surface area contributed by atoms with Crippen LogP contribution in [0.2, 0.25) is 0 Å². The number of ketones is 1. The Morgan fingerprint density at radius 1 is 1.29 bits per heavy atom. The van der Waals surface area contributed by atoms with E-state index >= 15 is 0 Å². The molecule has 4 rings (SSSR count). The average molecular weight is 391 g/mol. The SMILES string of the molecule is CC(=O)O[C@@H](CO)[C@H]1CC[C@H]2[C@@H]3CCC4=CC(=O)CC[C@]4(C)[C@H]3[C@H](O)C[C@]12C. The van der Waals surface area contributed by atoms with E-state index in [0.29, 0.717) is 24.7 Å². The van der Waals surface area contributed by atoms with Crippen LogP contribution in [0.5, 0.6) is 0 Å². The number of allylic oxidation sites excluding steroid dienone is 1. The van der Waals surface area contributed by atoms with Gasteiger partial charge in [-0.1, -0.05) is 19.4 Å². The van der Waals surface area contributed by atoms with Gasteiger partial charge in [0.1, 0.15) is 6.10 Å². The summed E-state index contributed by atoms with van der Waals surface area (Å²) in [5.41, 5.74) is 1.03. The van der Waals surface area contributed by atoms with E-state index in [1.807, 2.05) is 6.08 Å². The third-order valence-corrected chi connectivity index (χ3v) is 8.91. The normalized spacial score (nSPS) is 46.1. The van der Waals surface area contributed by atoms with Gasteiger partial charge in [-0.15, -0.1) is 0 Å². The number of aliphatic hydroxyl groups is 2. The highest BCUT2D eigenvalue weighted by atomic mass is 16.5. The zero-order chi connectivity index (χ0) is 20.3. The van der Waals surface area contributed by atoms with E-state index in [1.54, 1.807) is 0 Å². The number of carbonyl (C=O) groups excluding carboxylic acids is 2. The number of hydrogen-bond donors (Lipinski definition) is 2. The molecular formula is C23H34O5. The molecular weight excluding hydrogens is 356 g/mol. The number of esters is 1. The number of aliphatic hydroxyl groups excluding tert-OH is 2. The van der Waals surface area contributed by atoms with E-state index in [-0.39, 0.29) is 41.0 Å². The van der Waals surface area contributed by atoms with Crippen molar-refractivity contribution in [2.75, 3.05) is 6.61 Å². The van der Waals surface area contributed by atoms with Gasteiger partial charge in [-0.2, -0.15) is 0 Å². The Bertz CT molecular complexity index is 699. The molecule has 0 aromatic carbocycles. The number of carbonyl (C=O) groups is 2. The zero-order valence-electron chi connectivity index (χ0n) is 17.3. The van der Waals surface area contributed by atoms with Gasteiger partial charge < -0.3 is 14.9 Å². The molecule has 0 unspecified atom stereocenters. The van der Waals surface area contributed by atoms with Crippen LogP contribution in [-0.2, 0) is 14.3 Å². The van der Waals surface area contributed by atoms with Crippen molar-refractivity contribution in [3.8, 4) is 0 Å². The maximum absolute atomic E-state index is 12.0. The van der Waals surface area contributed by atoms with Crippen molar-refractivity contribution in [2.24, 2.45) is 34.5 Å². The molecule has 8 atom stereocenters. The third kappa shape index (κ3) is 2.88. The molecule has 5 nitrogen and oxygen atoms in total. The lowest BCUT2D eigenvalue weighted by Crippen LogP contribution is -2.57. The van der Waals surface area contributed by atoms with E-state index < -0.39 is 12.2 Å². The molecule has 4 aliphatic rings. The highest BCUT2D eigenvalue weighted by Gasteiger charge is 2.63. The van der Waals surface area contributed by atoms with Gasteiger partial charge in [0, 0.05) is 19.3 Å². The molecule has 0 radical (unpaired) electrons. The van der Waals surface area contributed by atoms with Gasteiger partial charge in [0.2, 0.25) is 0 Å². The lowest BCUT2D eigenvalue weighted by atomic mass is 9.46. The van der Waals surface area contributed by atoms with Crippen molar-refractivity contribution >= 4 is 11.8 Å². The molecule has 0 aromatic rings. The smallest absolute Gasteiger partial charge is 0.302 e. The molecule has 0 heterocycles. The highest BCUT2D eigenvalue weighted by molar-refractivity contribution is 5.91. The molecule has 28 heavy (non-hydrogen) atoms. The van der Waals surface area contributed by atoms with E-state index in [2.05, 4.69) is 13.8 Å². The van der Waals surface area contributed by atoms with E-state index in [0.717, 1.165) is 32.1 Å². The largest absolute Gasteiger partial charge is 0.460 e. The Hall–Kier alpha value is -1.20. The van der Waals surface area contributed by atoms with E-state index in [9.17, 15) is 19.8 Å². The van der Waals surface area contributed by atoms with Crippen LogP contribution in [0.15, 0.2) is 11.6 Å². The molecule has 3 fully saturated rings. The Morgan fingerprint density at radius 2 is 2.04 bits per heavy atom. The minimum atomic E-state index is -0.488. The molecule has 5 heteroatoms. The summed E-state index contributed by atoms with van der Waals surface area (Å²) in [6, 6.07) is 0. The second-order valence-electron chi connectivity index (χ2n) is 10.2. The van der Waals surface area contributed by atoms with Crippen molar-refractivity contribution in [2.45, 2.75) is 77.9 Å². The summed E-state index contributed by atoms with van der Waals surface area (Å²) in [4.78, 5) is 23.5. The van der Waals surface area contributed by atoms with Crippen molar-refractivity contribution in [3.05, 3.63) is 11.6 Å². The minimum absolute atomic E-state index is 0.0814. The fourth-order valence-electron chi connectivity index (χ4n) is 7.80. The van der Waals surface area contributed by atoms with Crippen molar-refractivity contribution in [1.82, 2.24) is 0 Å². The number of rotatable bonds is 3. The summed E-state index contributed by atoms with van der Waals surface area (Å²) in [5.74, 6) is 1.04. The predicted molar refractivity (Wildman–Crippen MR) is 104 cm³/mol. The van der Waals surface area contributed by atoms with Gasteiger partial charge in [-0.05, 0) is 73.2 Å². The van der Waals surface area contributed by atoms with Gasteiger partial charge >= 0.3 is 5.97 Å². The van der Waals surface area contributed by atoms with E-state index in [4.69, 9.17) is 4.74 Å². The maximum Gasteiger partial charge on any atom is 0.302 e. The standard InChI is InChI=1S/C23H34O5/c1-13(25)28-20(12-24)18-7-6-17-16-5-4-14-10-15(26)8-9-22(14,2)21(16)19(27)11-23(17,18)3/h10,16-21,24,27H,4-9,11-12H2,1-3H3/t16-,17-,18+,19+,20-,21+,22-,23-/m0/s1. The van der Waals surface area contributed by atoms with Gasteiger partial charge in [0.15, 0.2) is 5.78 Å². The Morgan fingerprint density at radius 3 is 2.71 bits per heavy atom. The summed E-state index contributed by atoms with van der Waals surface area (Å²) >= 11 is 0. The second-order valence-corrected chi connectivity index (χ2v) is 10.2. The first-order valence-electron chi connectivity index (χ1n) is 10.9. The van der Waals surface area contributed by atoms with Crippen LogP contribution in [0, 0.1) is 34.5 Å². The lowest BCUT2D eigenvalue weighted by Gasteiger charge is -2.60. The van der Waals surface area contributed by atoms with E-state index in [1.165, 1.54) is 12.5 Å². The molecule has 0 aliphatic heterocycles. The maximum atomic E-state index is 12.0. The predicted octanol–water partition coefficient (Wildman–Crippen LogP) is 3.03. The number of ether oxygens (including phenoxy) is 1. The van der Waals surface area contributed by atoms with Crippen LogP contribution in [0.1, 0.15) is 65.7 Å². The molecule has 4 aliphatic carbocycles. The third-order valence-electron chi connectivity index (χ3n) is 8.91. The second kappa shape index (κ2) is 6.94. The molecule has 156 valence electrons. The van der Waals surface area contributed by atoms with Crippen LogP contribution in [0.3, 0.4) is 0 Å². The molecule has 3 saturated carbocycles. The Labute approximate surface area is 167 Å². The van der Waals surface area contributed by atoms with Crippen molar-refractivity contribution in [3.63, 3.8) is 0 Å². The summed E-state index contributed by atoms with van der Waals surface area (Å²) in [6.45, 7) is 5.72. The van der Waals surface area contributed by atoms with Gasteiger partial charge in [-0.25, -0.2) is 0 Å². The molecule has 0 aromatic heterocycles. The number of hydrogen-bond acceptors (Lipinski definition) is 5. The van der Waals surface area contributed by atoms with Crippen molar-refractivity contribution < 1.29 is 24.5 Å². The monoisotopic (exact) mass is 390 g/mol. The van der Waals surface area contributed by atoms with Crippen LogP contribution < -0.4 is 0 Å². The summed E-state index contributed by atoms with van der Waals surface area (Å²) in [6.07, 6.45) is 6.99. The Kier molecular flexibility index (Phi) is 4.98. The van der Waals surface area contributed by atoms with Gasteiger partial charge in [-0.3, -0.25) is 9.59 Å². The first kappa shape index (κ1) is 20.1. The fourth-order valence-corrected chi connectivity index (χ4v) is 7.80. The average Bonchev–Trinajstić information content (AvgIpc) is 2.96. The molecule has 0 amide bonds. The lowest BCUT2D eigenvalue weighted by molar-refractivity contribution is -0.165. The summed E-state index contributed by atoms with van der Waals surface area (Å²) in [5, 5.41) is 21.2. The highest BCUT2D eigenvalue weighted by Crippen LogP contribution is 2.67. The summed E-state index contributed by atoms with van der Waals surface area (Å²) in [7, 11) is 0. The van der Waals surface area contributed by atoms with Crippen LogP contribution >= 0.6 is 0 Å². The molecule has 0 saturated heterocycles. The quantitative estimate of drug-likeness (QED) is 0.724. The molecule has 2 N–H and O–H groups in total. The summed E-state index contributed by atoms with van der Waals surface area (Å²) < 4.78 is 5.47. The molecule has 0 spiro atoms. The molecule has 0 bridgehead atoms. The van der Waals surface area contributed by atoms with Crippen LogP contribution in [0.25, 0.3) is 0 Å². The first-order valence-corrected chi connectivity index (χ1v) is 10.9. The number of fused-ring (bicyclic) bond motifs is 5. The van der Waals surface area contributed by atoms with Crippen molar-refractivity contribution in [1.29, 1.82) is 0 Å². The topological polar surface area (TPSA) is 83.8 Å². The fraction of sp³-hybridized carbons (Fsp3) is 0.826. The Balaban J connectivity index is 1.65. The van der Waals surface area contributed by atoms with Gasteiger partial charge in [0.25, 0.3) is 0 Å². The van der Waals surface area contributed by atoms with Crippen LogP contribution in [0.4, 0.5) is 0 Å². The van der Waals surface area contributed by atoms with Crippen LogP contribution in [-0.4, -0.2) is 40.8 Å².